The molecule has 14 heteroatoms. The highest BCUT2D eigenvalue weighted by Gasteiger charge is 2.32. The van der Waals surface area contributed by atoms with Crippen LogP contribution >= 0.6 is 0 Å². The molecular formula is C21H30N6O8. The fourth-order valence-electron chi connectivity index (χ4n) is 2.97. The van der Waals surface area contributed by atoms with Crippen LogP contribution < -0.4 is 33.2 Å². The minimum Gasteiger partial charge on any atom is -0.480 e. The highest BCUT2D eigenvalue weighted by Crippen LogP contribution is 2.06. The zero-order chi connectivity index (χ0) is 26.7. The first-order chi connectivity index (χ1) is 16.3. The smallest absolute Gasteiger partial charge is 0.328 e. The highest BCUT2D eigenvalue weighted by molar-refractivity contribution is 5.96. The van der Waals surface area contributed by atoms with Crippen LogP contribution in [0.1, 0.15) is 25.3 Å². The third-order valence-electron chi connectivity index (χ3n) is 4.76. The molecule has 0 heterocycles. The molecule has 0 aliphatic rings. The van der Waals surface area contributed by atoms with Crippen LogP contribution in [0.15, 0.2) is 30.3 Å². The van der Waals surface area contributed by atoms with Crippen molar-refractivity contribution in [3.8, 4) is 0 Å². The predicted molar refractivity (Wildman–Crippen MR) is 121 cm³/mol. The molecular weight excluding hydrogens is 464 g/mol. The summed E-state index contributed by atoms with van der Waals surface area (Å²) in [4.78, 5) is 71.8. The van der Waals surface area contributed by atoms with Crippen LogP contribution in [0.4, 0.5) is 0 Å². The number of carboxylic acids is 1. The lowest BCUT2D eigenvalue weighted by Gasteiger charge is -2.25. The van der Waals surface area contributed by atoms with Gasteiger partial charge in [-0.1, -0.05) is 30.3 Å². The minimum atomic E-state index is -1.72. The van der Waals surface area contributed by atoms with Gasteiger partial charge in [0.05, 0.1) is 25.0 Å². The largest absolute Gasteiger partial charge is 0.480 e. The summed E-state index contributed by atoms with van der Waals surface area (Å²) < 4.78 is 0. The average molecular weight is 495 g/mol. The van der Waals surface area contributed by atoms with E-state index in [4.69, 9.17) is 22.3 Å². The van der Waals surface area contributed by atoms with Crippen LogP contribution in [0, 0.1) is 0 Å². The molecule has 35 heavy (non-hydrogen) atoms. The van der Waals surface area contributed by atoms with E-state index in [1.54, 1.807) is 30.3 Å². The fraction of sp³-hybridized carbons (Fsp3) is 0.429. The lowest BCUT2D eigenvalue weighted by Crippen LogP contribution is -2.59. The molecule has 1 aromatic rings. The summed E-state index contributed by atoms with van der Waals surface area (Å²) >= 11 is 0. The monoisotopic (exact) mass is 494 g/mol. The Morgan fingerprint density at radius 3 is 1.83 bits per heavy atom. The Balaban J connectivity index is 3.12. The number of hydrogen-bond acceptors (Lipinski definition) is 8. The number of aliphatic hydroxyl groups excluding tert-OH is 1. The number of primary amides is 2. The van der Waals surface area contributed by atoms with Crippen LogP contribution in [0.5, 0.6) is 0 Å². The lowest BCUT2D eigenvalue weighted by atomic mass is 10.0. The molecule has 0 aromatic heterocycles. The average Bonchev–Trinajstić information content (AvgIpc) is 2.75. The molecule has 192 valence electrons. The van der Waals surface area contributed by atoms with Gasteiger partial charge < -0.3 is 43.4 Å². The molecule has 5 atom stereocenters. The topological polar surface area (TPSA) is 257 Å². The van der Waals surface area contributed by atoms with Gasteiger partial charge in [-0.15, -0.1) is 0 Å². The van der Waals surface area contributed by atoms with Gasteiger partial charge in [0, 0.05) is 6.42 Å². The highest BCUT2D eigenvalue weighted by atomic mass is 16.4. The molecule has 11 N–H and O–H groups in total. The maximum Gasteiger partial charge on any atom is 0.328 e. The Bertz CT molecular complexity index is 939. The molecule has 5 amide bonds. The zero-order valence-corrected chi connectivity index (χ0v) is 19.0. The molecule has 1 aromatic carbocycles. The molecule has 0 spiro atoms. The van der Waals surface area contributed by atoms with Gasteiger partial charge in [0.15, 0.2) is 6.04 Å². The van der Waals surface area contributed by atoms with E-state index < -0.39 is 78.6 Å². The summed E-state index contributed by atoms with van der Waals surface area (Å²) in [5.41, 5.74) is 16.5. The number of rotatable bonds is 14. The van der Waals surface area contributed by atoms with E-state index >= 15 is 0 Å². The Hall–Kier alpha value is -4.04. The van der Waals surface area contributed by atoms with Gasteiger partial charge >= 0.3 is 5.97 Å². The molecule has 1 rings (SSSR count). The van der Waals surface area contributed by atoms with Crippen molar-refractivity contribution in [2.24, 2.45) is 17.2 Å². The summed E-state index contributed by atoms with van der Waals surface area (Å²) in [7, 11) is 0. The quantitative estimate of drug-likeness (QED) is 0.126. The zero-order valence-electron chi connectivity index (χ0n) is 19.0. The number of carbonyl (C=O) groups is 6. The maximum atomic E-state index is 13.0. The van der Waals surface area contributed by atoms with Gasteiger partial charge in [-0.05, 0) is 12.5 Å². The van der Waals surface area contributed by atoms with E-state index in [0.717, 1.165) is 6.92 Å². The third-order valence-corrected chi connectivity index (χ3v) is 4.76. The molecule has 0 aliphatic carbocycles. The number of hydrogen-bond donors (Lipinski definition) is 8. The Labute approximate surface area is 200 Å². The van der Waals surface area contributed by atoms with E-state index in [0.29, 0.717) is 5.56 Å². The van der Waals surface area contributed by atoms with E-state index in [-0.39, 0.29) is 6.42 Å². The Kier molecular flexibility index (Phi) is 11.3. The van der Waals surface area contributed by atoms with Crippen LogP contribution in [0.2, 0.25) is 0 Å². The fourth-order valence-corrected chi connectivity index (χ4v) is 2.97. The summed E-state index contributed by atoms with van der Waals surface area (Å²) in [6.45, 7) is 1.13. The second kappa shape index (κ2) is 13.6. The number of carbonyl (C=O) groups excluding carboxylic acids is 5. The standard InChI is InChI=1S/C21H30N6O8/c1-10(28)17(21(34)35)27-20(33)14(9-16(24)30)26-19(32)13(7-11-5-3-2-4-6-11)25-18(31)12(22)8-15(23)29/h2-6,10,12-14,17,28H,7-9,22H2,1H3,(H2,23,29)(H2,24,30)(H,25,31)(H,26,32)(H,27,33)(H,34,35). The minimum absolute atomic E-state index is 0.0575. The third kappa shape index (κ3) is 10.2. The predicted octanol–water partition coefficient (Wildman–Crippen LogP) is -3.77. The van der Waals surface area contributed by atoms with Crippen molar-refractivity contribution in [2.75, 3.05) is 0 Å². The van der Waals surface area contributed by atoms with Crippen molar-refractivity contribution in [3.05, 3.63) is 35.9 Å². The van der Waals surface area contributed by atoms with Gasteiger partial charge in [0.25, 0.3) is 0 Å². The van der Waals surface area contributed by atoms with Crippen LogP contribution in [0.25, 0.3) is 0 Å². The van der Waals surface area contributed by atoms with Gasteiger partial charge in [-0.2, -0.15) is 0 Å². The summed E-state index contributed by atoms with van der Waals surface area (Å²) in [5.74, 6) is -6.24. The molecule has 0 radical (unpaired) electrons. The number of nitrogens with two attached hydrogens (primary N) is 3. The number of benzene rings is 1. The summed E-state index contributed by atoms with van der Waals surface area (Å²) in [6.07, 6.45) is -2.72. The van der Waals surface area contributed by atoms with Gasteiger partial charge in [0.1, 0.15) is 12.1 Å². The molecule has 14 nitrogen and oxygen atoms in total. The van der Waals surface area contributed by atoms with Crippen molar-refractivity contribution in [3.63, 3.8) is 0 Å². The number of aliphatic hydroxyl groups is 1. The maximum absolute atomic E-state index is 13.0. The second-order valence-corrected chi connectivity index (χ2v) is 7.82. The molecule has 0 aliphatic heterocycles. The molecule has 5 unspecified atom stereocenters. The van der Waals surface area contributed by atoms with Crippen molar-refractivity contribution in [2.45, 2.75) is 56.5 Å². The van der Waals surface area contributed by atoms with Crippen LogP contribution in [-0.4, -0.2) is 76.0 Å². The first-order valence-electron chi connectivity index (χ1n) is 10.5. The van der Waals surface area contributed by atoms with Crippen molar-refractivity contribution < 1.29 is 39.0 Å². The molecule has 0 saturated carbocycles. The summed E-state index contributed by atoms with van der Waals surface area (Å²) in [5, 5.41) is 25.4. The normalized spacial score (nSPS) is 14.9. The molecule has 0 bridgehead atoms. The SMILES string of the molecule is CC(O)C(NC(=O)C(CC(N)=O)NC(=O)C(Cc1ccccc1)NC(=O)C(N)CC(N)=O)C(=O)O. The Morgan fingerprint density at radius 1 is 0.829 bits per heavy atom. The van der Waals surface area contributed by atoms with E-state index in [2.05, 4.69) is 10.6 Å². The van der Waals surface area contributed by atoms with Gasteiger partial charge in [-0.25, -0.2) is 4.79 Å². The van der Waals surface area contributed by atoms with Crippen LogP contribution in [-0.2, 0) is 35.2 Å². The van der Waals surface area contributed by atoms with Crippen molar-refractivity contribution in [1.29, 1.82) is 0 Å². The molecule has 0 saturated heterocycles. The second-order valence-electron chi connectivity index (χ2n) is 7.82. The van der Waals surface area contributed by atoms with Crippen molar-refractivity contribution in [1.82, 2.24) is 16.0 Å². The number of nitrogens with one attached hydrogen (secondary N) is 3. The van der Waals surface area contributed by atoms with E-state index in [1.807, 2.05) is 5.32 Å². The molecule has 0 fully saturated rings. The van der Waals surface area contributed by atoms with E-state index in [9.17, 15) is 33.9 Å². The first kappa shape index (κ1) is 29.0. The Morgan fingerprint density at radius 2 is 1.34 bits per heavy atom. The number of aliphatic carboxylic acids is 1. The summed E-state index contributed by atoms with van der Waals surface area (Å²) in [6, 6.07) is 2.47. The van der Waals surface area contributed by atoms with Gasteiger partial charge in [-0.3, -0.25) is 24.0 Å². The number of carboxylic acid groups (broad SMARTS) is 1. The van der Waals surface area contributed by atoms with Gasteiger partial charge in [0.2, 0.25) is 29.5 Å². The first-order valence-corrected chi connectivity index (χ1v) is 10.5. The van der Waals surface area contributed by atoms with E-state index in [1.165, 1.54) is 0 Å². The van der Waals surface area contributed by atoms with Crippen LogP contribution in [0.3, 0.4) is 0 Å². The lowest BCUT2D eigenvalue weighted by molar-refractivity contribution is -0.145. The van der Waals surface area contributed by atoms with Crippen molar-refractivity contribution >= 4 is 35.5 Å². The number of amides is 5.